The van der Waals surface area contributed by atoms with Crippen LogP contribution in [0.4, 0.5) is 0 Å². The number of primary amides is 1. The number of amides is 1. The Hall–Kier alpha value is -1.65. The number of hydrogen-bond acceptors (Lipinski definition) is 3. The van der Waals surface area contributed by atoms with Crippen LogP contribution in [0.1, 0.15) is 38.6 Å². The van der Waals surface area contributed by atoms with Crippen molar-refractivity contribution in [3.63, 3.8) is 0 Å². The number of carbonyl (C=O) groups excluding carboxylic acids is 1. The highest BCUT2D eigenvalue weighted by Gasteiger charge is 2.10. The normalized spacial score (nSPS) is 12.3. The number of aryl methyl sites for hydroxylation is 1. The Balaban J connectivity index is 2.05. The number of nitrogens with one attached hydrogen (secondary N) is 1. The van der Waals surface area contributed by atoms with Crippen molar-refractivity contribution in [1.29, 1.82) is 0 Å². The maximum atomic E-state index is 11.3. The minimum atomic E-state index is -0.378. The first-order valence-electron chi connectivity index (χ1n) is 6.25. The molecule has 0 radical (unpaired) electrons. The molecule has 0 bridgehead atoms. The van der Waals surface area contributed by atoms with Crippen molar-refractivity contribution in [3.05, 3.63) is 57.3 Å². The van der Waals surface area contributed by atoms with E-state index in [9.17, 15) is 4.79 Å². The molecule has 0 aliphatic carbocycles. The smallest absolute Gasteiger partial charge is 0.249 e. The summed E-state index contributed by atoms with van der Waals surface area (Å²) in [7, 11) is 0. The van der Waals surface area contributed by atoms with Crippen LogP contribution in [-0.4, -0.2) is 5.91 Å². The van der Waals surface area contributed by atoms with Gasteiger partial charge in [0, 0.05) is 27.9 Å². The molecule has 3 N–H and O–H groups in total. The van der Waals surface area contributed by atoms with E-state index in [1.54, 1.807) is 17.4 Å². The van der Waals surface area contributed by atoms with Crippen LogP contribution >= 0.6 is 11.3 Å². The zero-order chi connectivity index (χ0) is 13.8. The molecule has 1 aromatic heterocycles. The average molecular weight is 274 g/mol. The minimum Gasteiger partial charge on any atom is -0.366 e. The fraction of sp³-hybridized carbons (Fsp3) is 0.267. The predicted octanol–water partition coefficient (Wildman–Crippen LogP) is 3.01. The summed E-state index contributed by atoms with van der Waals surface area (Å²) >= 11 is 1.79. The molecule has 0 aliphatic rings. The minimum absolute atomic E-state index is 0.264. The number of benzene rings is 1. The molecule has 1 amide bonds. The Morgan fingerprint density at radius 3 is 2.68 bits per heavy atom. The molecule has 1 aromatic carbocycles. The molecule has 1 heterocycles. The van der Waals surface area contributed by atoms with Crippen LogP contribution in [0, 0.1) is 6.92 Å². The Kier molecular flexibility index (Phi) is 4.35. The highest BCUT2D eigenvalue weighted by molar-refractivity contribution is 7.12. The van der Waals surface area contributed by atoms with Crippen LogP contribution in [0.3, 0.4) is 0 Å². The van der Waals surface area contributed by atoms with Crippen molar-refractivity contribution in [2.75, 3.05) is 0 Å². The standard InChI is InChI=1S/C15H18N2OS/c1-10-7-8-14(19-10)11(2)17-9-12-5-3-4-6-13(12)15(16)18/h3-8,11,17H,9H2,1-2H3,(H2,16,18). The van der Waals surface area contributed by atoms with E-state index in [0.717, 1.165) is 5.56 Å². The van der Waals surface area contributed by atoms with Crippen molar-refractivity contribution >= 4 is 17.2 Å². The highest BCUT2D eigenvalue weighted by Crippen LogP contribution is 2.22. The summed E-state index contributed by atoms with van der Waals surface area (Å²) in [6.07, 6.45) is 0. The molecule has 0 aliphatic heterocycles. The monoisotopic (exact) mass is 274 g/mol. The molecule has 4 heteroatoms. The molecule has 1 atom stereocenters. The molecule has 2 aromatic rings. The van der Waals surface area contributed by atoms with Crippen LogP contribution in [0.25, 0.3) is 0 Å². The lowest BCUT2D eigenvalue weighted by Crippen LogP contribution is -2.21. The van der Waals surface area contributed by atoms with E-state index in [2.05, 4.69) is 31.3 Å². The third kappa shape index (κ3) is 3.43. The molecular weight excluding hydrogens is 256 g/mol. The van der Waals surface area contributed by atoms with Crippen molar-refractivity contribution in [2.24, 2.45) is 5.73 Å². The van der Waals surface area contributed by atoms with E-state index >= 15 is 0 Å². The van der Waals surface area contributed by atoms with Gasteiger partial charge in [0.05, 0.1) is 0 Å². The maximum absolute atomic E-state index is 11.3. The Morgan fingerprint density at radius 2 is 2.05 bits per heavy atom. The van der Waals surface area contributed by atoms with Gasteiger partial charge in [0.15, 0.2) is 0 Å². The Bertz CT molecular complexity index is 577. The van der Waals surface area contributed by atoms with E-state index in [4.69, 9.17) is 5.73 Å². The van der Waals surface area contributed by atoms with E-state index in [1.807, 2.05) is 18.2 Å². The second-order valence-electron chi connectivity index (χ2n) is 4.57. The summed E-state index contributed by atoms with van der Waals surface area (Å²) in [5.41, 5.74) is 6.90. The third-order valence-electron chi connectivity index (χ3n) is 3.07. The van der Waals surface area contributed by atoms with Crippen molar-refractivity contribution < 1.29 is 4.79 Å². The molecule has 3 nitrogen and oxygen atoms in total. The Morgan fingerprint density at radius 1 is 1.32 bits per heavy atom. The zero-order valence-electron chi connectivity index (χ0n) is 11.1. The molecular formula is C15H18N2OS. The SMILES string of the molecule is Cc1ccc(C(C)NCc2ccccc2C(N)=O)s1. The van der Waals surface area contributed by atoms with Crippen LogP contribution in [0.15, 0.2) is 36.4 Å². The van der Waals surface area contributed by atoms with Gasteiger partial charge >= 0.3 is 0 Å². The number of thiophene rings is 1. The lowest BCUT2D eigenvalue weighted by Gasteiger charge is -2.13. The molecule has 0 fully saturated rings. The number of rotatable bonds is 5. The van der Waals surface area contributed by atoms with Crippen LogP contribution < -0.4 is 11.1 Å². The lowest BCUT2D eigenvalue weighted by molar-refractivity contribution is 0.0999. The number of carbonyl (C=O) groups is 1. The van der Waals surface area contributed by atoms with Gasteiger partial charge in [-0.05, 0) is 37.6 Å². The average Bonchev–Trinajstić information content (AvgIpc) is 2.83. The summed E-state index contributed by atoms with van der Waals surface area (Å²) in [6.45, 7) is 4.86. The van der Waals surface area contributed by atoms with Crippen molar-refractivity contribution in [1.82, 2.24) is 5.32 Å². The summed E-state index contributed by atoms with van der Waals surface area (Å²) in [5.74, 6) is -0.378. The molecule has 0 saturated heterocycles. The van der Waals surface area contributed by atoms with Gasteiger partial charge in [-0.25, -0.2) is 0 Å². The second-order valence-corrected chi connectivity index (χ2v) is 5.89. The van der Waals surface area contributed by atoms with Gasteiger partial charge in [-0.2, -0.15) is 0 Å². The topological polar surface area (TPSA) is 55.1 Å². The number of nitrogens with two attached hydrogens (primary N) is 1. The van der Waals surface area contributed by atoms with Crippen LogP contribution in [-0.2, 0) is 6.54 Å². The van der Waals surface area contributed by atoms with Gasteiger partial charge in [-0.3, -0.25) is 4.79 Å². The van der Waals surface area contributed by atoms with Gasteiger partial charge in [-0.1, -0.05) is 18.2 Å². The first-order chi connectivity index (χ1) is 9.08. The third-order valence-corrected chi connectivity index (χ3v) is 4.25. The van der Waals surface area contributed by atoms with Gasteiger partial charge in [0.25, 0.3) is 0 Å². The largest absolute Gasteiger partial charge is 0.366 e. The van der Waals surface area contributed by atoms with E-state index in [0.29, 0.717) is 12.1 Å². The van der Waals surface area contributed by atoms with E-state index in [1.165, 1.54) is 9.75 Å². The number of hydrogen-bond donors (Lipinski definition) is 2. The van der Waals surface area contributed by atoms with Gasteiger partial charge in [0.2, 0.25) is 5.91 Å². The fourth-order valence-electron chi connectivity index (χ4n) is 1.96. The first-order valence-corrected chi connectivity index (χ1v) is 7.07. The van der Waals surface area contributed by atoms with Gasteiger partial charge in [0.1, 0.15) is 0 Å². The van der Waals surface area contributed by atoms with Gasteiger partial charge < -0.3 is 11.1 Å². The second kappa shape index (κ2) is 5.99. The zero-order valence-corrected chi connectivity index (χ0v) is 12.0. The molecule has 0 spiro atoms. The first kappa shape index (κ1) is 13.8. The van der Waals surface area contributed by atoms with Crippen LogP contribution in [0.2, 0.25) is 0 Å². The maximum Gasteiger partial charge on any atom is 0.249 e. The van der Waals surface area contributed by atoms with E-state index < -0.39 is 0 Å². The molecule has 0 saturated carbocycles. The quantitative estimate of drug-likeness (QED) is 0.880. The highest BCUT2D eigenvalue weighted by atomic mass is 32.1. The predicted molar refractivity (Wildman–Crippen MR) is 79.3 cm³/mol. The molecule has 19 heavy (non-hydrogen) atoms. The summed E-state index contributed by atoms with van der Waals surface area (Å²) in [4.78, 5) is 13.9. The van der Waals surface area contributed by atoms with Crippen LogP contribution in [0.5, 0.6) is 0 Å². The summed E-state index contributed by atoms with van der Waals surface area (Å²) in [5, 5.41) is 3.43. The summed E-state index contributed by atoms with van der Waals surface area (Å²) in [6, 6.07) is 12.0. The molecule has 2 rings (SSSR count). The van der Waals surface area contributed by atoms with E-state index in [-0.39, 0.29) is 11.9 Å². The van der Waals surface area contributed by atoms with Crippen molar-refractivity contribution in [2.45, 2.75) is 26.4 Å². The van der Waals surface area contributed by atoms with Gasteiger partial charge in [-0.15, -0.1) is 11.3 Å². The Labute approximate surface area is 117 Å². The fourth-order valence-corrected chi connectivity index (χ4v) is 2.87. The van der Waals surface area contributed by atoms with Crippen molar-refractivity contribution in [3.8, 4) is 0 Å². The summed E-state index contributed by atoms with van der Waals surface area (Å²) < 4.78 is 0. The lowest BCUT2D eigenvalue weighted by atomic mass is 10.1. The molecule has 100 valence electrons. The molecule has 1 unspecified atom stereocenters.